The van der Waals surface area contributed by atoms with Crippen molar-refractivity contribution in [1.82, 2.24) is 4.90 Å². The Balaban J connectivity index is 2.21. The summed E-state index contributed by atoms with van der Waals surface area (Å²) in [6, 6.07) is 8.88. The van der Waals surface area contributed by atoms with Crippen molar-refractivity contribution in [3.8, 4) is 5.75 Å². The normalized spacial score (nSPS) is 22.6. The highest BCUT2D eigenvalue weighted by atomic mass is 16.5. The lowest BCUT2D eigenvalue weighted by molar-refractivity contribution is 0.272. The van der Waals surface area contributed by atoms with Crippen LogP contribution in [0.15, 0.2) is 24.3 Å². The van der Waals surface area contributed by atoms with Crippen LogP contribution in [0.25, 0.3) is 0 Å². The Morgan fingerprint density at radius 1 is 1.53 bits per heavy atom. The lowest BCUT2D eigenvalue weighted by Crippen LogP contribution is -2.35. The van der Waals surface area contributed by atoms with E-state index in [1.165, 1.54) is 24.9 Å². The van der Waals surface area contributed by atoms with Crippen LogP contribution in [0.1, 0.15) is 24.3 Å². The summed E-state index contributed by atoms with van der Waals surface area (Å²) in [4.78, 5) is 2.43. The summed E-state index contributed by atoms with van der Waals surface area (Å²) in [5.41, 5.74) is 7.27. The smallest absolute Gasteiger partial charge is 0.119 e. The highest BCUT2D eigenvalue weighted by Crippen LogP contribution is 2.30. The molecule has 2 N–H and O–H groups in total. The predicted octanol–water partition coefficient (Wildman–Crippen LogP) is 1.83. The van der Waals surface area contributed by atoms with Gasteiger partial charge in [0.15, 0.2) is 0 Å². The van der Waals surface area contributed by atoms with Crippen molar-refractivity contribution in [3.63, 3.8) is 0 Å². The average Bonchev–Trinajstić information content (AvgIpc) is 2.77. The Morgan fingerprint density at radius 2 is 2.35 bits per heavy atom. The van der Waals surface area contributed by atoms with Gasteiger partial charge in [-0.05, 0) is 44.1 Å². The second-order valence-electron chi connectivity index (χ2n) is 4.81. The molecule has 1 aromatic rings. The van der Waals surface area contributed by atoms with Crippen LogP contribution < -0.4 is 10.5 Å². The maximum absolute atomic E-state index is 5.97. The van der Waals surface area contributed by atoms with Gasteiger partial charge in [0.05, 0.1) is 7.11 Å². The first-order valence-electron chi connectivity index (χ1n) is 6.30. The molecule has 2 atom stereocenters. The Labute approximate surface area is 104 Å². The van der Waals surface area contributed by atoms with E-state index in [2.05, 4.69) is 24.1 Å². The number of hydrogen-bond donors (Lipinski definition) is 1. The van der Waals surface area contributed by atoms with Gasteiger partial charge in [-0.15, -0.1) is 0 Å². The quantitative estimate of drug-likeness (QED) is 0.864. The van der Waals surface area contributed by atoms with Crippen LogP contribution in [0.4, 0.5) is 0 Å². The van der Waals surface area contributed by atoms with Crippen LogP contribution in [-0.2, 0) is 0 Å². The second-order valence-corrected chi connectivity index (χ2v) is 4.81. The number of nitrogens with zero attached hydrogens (tertiary/aromatic N) is 1. The van der Waals surface area contributed by atoms with E-state index in [0.717, 1.165) is 5.75 Å². The molecule has 1 aliphatic rings. The van der Waals surface area contributed by atoms with Crippen LogP contribution in [0, 0.1) is 0 Å². The molecule has 0 aromatic heterocycles. The average molecular weight is 234 g/mol. The van der Waals surface area contributed by atoms with Gasteiger partial charge in [0.1, 0.15) is 5.75 Å². The Hall–Kier alpha value is -1.06. The lowest BCUT2D eigenvalue weighted by Gasteiger charge is -2.28. The zero-order chi connectivity index (χ0) is 12.3. The van der Waals surface area contributed by atoms with E-state index < -0.39 is 0 Å². The van der Waals surface area contributed by atoms with E-state index in [1.54, 1.807) is 7.11 Å². The zero-order valence-corrected chi connectivity index (χ0v) is 10.7. The molecule has 0 spiro atoms. The summed E-state index contributed by atoms with van der Waals surface area (Å²) in [6.45, 7) is 1.88. The number of ether oxygens (including phenoxy) is 1. The molecule has 1 fully saturated rings. The molecule has 0 saturated carbocycles. The van der Waals surface area contributed by atoms with Gasteiger partial charge >= 0.3 is 0 Å². The van der Waals surface area contributed by atoms with Crippen LogP contribution >= 0.6 is 0 Å². The van der Waals surface area contributed by atoms with Crippen molar-refractivity contribution in [1.29, 1.82) is 0 Å². The van der Waals surface area contributed by atoms with Gasteiger partial charge < -0.3 is 15.4 Å². The zero-order valence-electron chi connectivity index (χ0n) is 10.7. The Bertz CT molecular complexity index is 367. The van der Waals surface area contributed by atoms with E-state index in [0.29, 0.717) is 18.5 Å². The minimum atomic E-state index is 0.414. The fraction of sp³-hybridized carbons (Fsp3) is 0.571. The summed E-state index contributed by atoms with van der Waals surface area (Å²) in [5.74, 6) is 1.33. The van der Waals surface area contributed by atoms with Crippen molar-refractivity contribution in [2.24, 2.45) is 5.73 Å². The minimum absolute atomic E-state index is 0.414. The van der Waals surface area contributed by atoms with Gasteiger partial charge in [0.2, 0.25) is 0 Å². The van der Waals surface area contributed by atoms with Crippen LogP contribution in [0.5, 0.6) is 5.75 Å². The number of likely N-dealkylation sites (tertiary alicyclic amines) is 1. The molecule has 3 heteroatoms. The number of benzene rings is 1. The van der Waals surface area contributed by atoms with Crippen LogP contribution in [-0.4, -0.2) is 38.2 Å². The van der Waals surface area contributed by atoms with Gasteiger partial charge in [-0.2, -0.15) is 0 Å². The number of likely N-dealkylation sites (N-methyl/N-ethyl adjacent to an activating group) is 1. The Morgan fingerprint density at radius 3 is 2.94 bits per heavy atom. The first kappa shape index (κ1) is 12.4. The molecule has 2 unspecified atom stereocenters. The largest absolute Gasteiger partial charge is 0.497 e. The summed E-state index contributed by atoms with van der Waals surface area (Å²) in [6.07, 6.45) is 2.53. The summed E-state index contributed by atoms with van der Waals surface area (Å²) in [7, 11) is 3.90. The summed E-state index contributed by atoms with van der Waals surface area (Å²) < 4.78 is 5.28. The highest BCUT2D eigenvalue weighted by Gasteiger charge is 2.29. The maximum Gasteiger partial charge on any atom is 0.119 e. The van der Waals surface area contributed by atoms with E-state index >= 15 is 0 Å². The molecule has 0 amide bonds. The van der Waals surface area contributed by atoms with E-state index in [4.69, 9.17) is 10.5 Å². The minimum Gasteiger partial charge on any atom is -0.497 e. The molecule has 1 aliphatic heterocycles. The molecule has 3 nitrogen and oxygen atoms in total. The third kappa shape index (κ3) is 2.61. The SMILES string of the molecule is COc1cccc(C(CN)C2CCCN2C)c1. The maximum atomic E-state index is 5.97. The molecule has 0 aliphatic carbocycles. The van der Waals surface area contributed by atoms with Crippen LogP contribution in [0.2, 0.25) is 0 Å². The molecule has 1 saturated heterocycles. The van der Waals surface area contributed by atoms with Crippen molar-refractivity contribution in [2.75, 3.05) is 27.2 Å². The predicted molar refractivity (Wildman–Crippen MR) is 70.4 cm³/mol. The van der Waals surface area contributed by atoms with Gasteiger partial charge in [0, 0.05) is 18.5 Å². The van der Waals surface area contributed by atoms with E-state index in [-0.39, 0.29) is 0 Å². The summed E-state index contributed by atoms with van der Waals surface area (Å²) >= 11 is 0. The highest BCUT2D eigenvalue weighted by molar-refractivity contribution is 5.32. The van der Waals surface area contributed by atoms with Crippen LogP contribution in [0.3, 0.4) is 0 Å². The number of methoxy groups -OCH3 is 1. The van der Waals surface area contributed by atoms with Crippen molar-refractivity contribution >= 4 is 0 Å². The molecule has 0 radical (unpaired) electrons. The van der Waals surface area contributed by atoms with E-state index in [1.807, 2.05) is 12.1 Å². The molecular weight excluding hydrogens is 212 g/mol. The monoisotopic (exact) mass is 234 g/mol. The fourth-order valence-electron chi connectivity index (χ4n) is 2.83. The van der Waals surface area contributed by atoms with Crippen molar-refractivity contribution in [3.05, 3.63) is 29.8 Å². The molecule has 1 heterocycles. The third-order valence-electron chi connectivity index (χ3n) is 3.82. The topological polar surface area (TPSA) is 38.5 Å². The first-order valence-corrected chi connectivity index (χ1v) is 6.30. The third-order valence-corrected chi connectivity index (χ3v) is 3.82. The fourth-order valence-corrected chi connectivity index (χ4v) is 2.83. The lowest BCUT2D eigenvalue weighted by atomic mass is 9.90. The molecule has 2 rings (SSSR count). The number of hydrogen-bond acceptors (Lipinski definition) is 3. The number of nitrogens with two attached hydrogens (primary N) is 1. The standard InChI is InChI=1S/C14H22N2O/c1-16-8-4-7-14(16)13(10-15)11-5-3-6-12(9-11)17-2/h3,5-6,9,13-14H,4,7-8,10,15H2,1-2H3. The van der Waals surface area contributed by atoms with Crippen molar-refractivity contribution in [2.45, 2.75) is 24.8 Å². The first-order chi connectivity index (χ1) is 8.26. The Kier molecular flexibility index (Phi) is 4.02. The van der Waals surface area contributed by atoms with E-state index in [9.17, 15) is 0 Å². The molecule has 17 heavy (non-hydrogen) atoms. The van der Waals surface area contributed by atoms with Gasteiger partial charge in [0.25, 0.3) is 0 Å². The molecule has 0 bridgehead atoms. The molecule has 1 aromatic carbocycles. The number of rotatable bonds is 4. The van der Waals surface area contributed by atoms with Gasteiger partial charge in [-0.1, -0.05) is 12.1 Å². The van der Waals surface area contributed by atoms with Gasteiger partial charge in [-0.3, -0.25) is 0 Å². The molecular formula is C14H22N2O. The summed E-state index contributed by atoms with van der Waals surface area (Å²) in [5, 5.41) is 0. The van der Waals surface area contributed by atoms with Gasteiger partial charge in [-0.25, -0.2) is 0 Å². The molecule has 94 valence electrons. The van der Waals surface area contributed by atoms with Crippen molar-refractivity contribution < 1.29 is 4.74 Å². The second kappa shape index (κ2) is 5.52.